The number of benzene rings is 2. The number of hydrogen-bond acceptors (Lipinski definition) is 2. The second kappa shape index (κ2) is 5.79. The maximum absolute atomic E-state index is 12.6. The quantitative estimate of drug-likeness (QED) is 0.692. The van der Waals surface area contributed by atoms with Gasteiger partial charge < -0.3 is 4.74 Å². The van der Waals surface area contributed by atoms with Crippen molar-refractivity contribution in [2.75, 3.05) is 0 Å². The number of terminal acetylenes is 1. The van der Waals surface area contributed by atoms with E-state index in [4.69, 9.17) is 11.2 Å². The average Bonchev–Trinajstić information content (AvgIpc) is 2.55. The van der Waals surface area contributed by atoms with Crippen LogP contribution in [0.5, 0.6) is 5.75 Å². The van der Waals surface area contributed by atoms with Crippen molar-refractivity contribution in [2.45, 2.75) is 13.0 Å². The molecule has 0 saturated carbocycles. The van der Waals surface area contributed by atoms with E-state index >= 15 is 0 Å². The van der Waals surface area contributed by atoms with E-state index in [0.29, 0.717) is 5.75 Å². The highest BCUT2D eigenvalue weighted by Gasteiger charge is 2.12. The maximum Gasteiger partial charge on any atom is 0.259 e. The van der Waals surface area contributed by atoms with Crippen LogP contribution in [0.3, 0.4) is 0 Å². The first kappa shape index (κ1) is 14.0. The Kier molecular flexibility index (Phi) is 3.67. The number of nitrogens with zero attached hydrogens (tertiary/aromatic N) is 1. The molecule has 0 spiro atoms. The normalized spacial score (nSPS) is 11.8. The van der Waals surface area contributed by atoms with Crippen molar-refractivity contribution in [2.24, 2.45) is 0 Å². The third-order valence-corrected chi connectivity index (χ3v) is 3.44. The van der Waals surface area contributed by atoms with Gasteiger partial charge in [-0.05, 0) is 31.2 Å². The van der Waals surface area contributed by atoms with Crippen LogP contribution in [0.4, 0.5) is 0 Å². The molecular weight excluding hydrogens is 274 g/mol. The summed E-state index contributed by atoms with van der Waals surface area (Å²) in [5, 5.41) is 0.855. The van der Waals surface area contributed by atoms with Crippen LogP contribution < -0.4 is 10.3 Å². The van der Waals surface area contributed by atoms with Gasteiger partial charge in [0.2, 0.25) is 0 Å². The Balaban J connectivity index is 2.29. The monoisotopic (exact) mass is 289 g/mol. The molecule has 3 aromatic rings. The molecule has 0 aliphatic carbocycles. The van der Waals surface area contributed by atoms with Gasteiger partial charge in [-0.3, -0.25) is 9.36 Å². The molecule has 1 atom stereocenters. The van der Waals surface area contributed by atoms with E-state index in [1.54, 1.807) is 11.5 Å². The molecule has 0 N–H and O–H groups in total. The van der Waals surface area contributed by atoms with Gasteiger partial charge in [-0.15, -0.1) is 6.42 Å². The molecule has 1 aromatic heterocycles. The fourth-order valence-electron chi connectivity index (χ4n) is 2.42. The van der Waals surface area contributed by atoms with Crippen molar-refractivity contribution in [1.82, 2.24) is 4.57 Å². The highest BCUT2D eigenvalue weighted by atomic mass is 16.5. The SMILES string of the molecule is C#CC(C)Oc1cc(=O)n(-c2ccccc2)c2ccccc12. The Bertz CT molecular complexity index is 904. The fourth-order valence-corrected chi connectivity index (χ4v) is 2.42. The zero-order valence-electron chi connectivity index (χ0n) is 12.2. The summed E-state index contributed by atoms with van der Waals surface area (Å²) >= 11 is 0. The first-order chi connectivity index (χ1) is 10.7. The predicted molar refractivity (Wildman–Crippen MR) is 88.5 cm³/mol. The number of rotatable bonds is 3. The first-order valence-electron chi connectivity index (χ1n) is 7.03. The highest BCUT2D eigenvalue weighted by molar-refractivity contribution is 5.86. The van der Waals surface area contributed by atoms with Crippen LogP contribution in [0.25, 0.3) is 16.6 Å². The van der Waals surface area contributed by atoms with E-state index in [2.05, 4.69) is 5.92 Å². The van der Waals surface area contributed by atoms with Gasteiger partial charge in [-0.25, -0.2) is 0 Å². The van der Waals surface area contributed by atoms with Crippen molar-refractivity contribution in [3.63, 3.8) is 0 Å². The van der Waals surface area contributed by atoms with E-state index < -0.39 is 6.10 Å². The predicted octanol–water partition coefficient (Wildman–Crippen LogP) is 3.39. The second-order valence-electron chi connectivity index (χ2n) is 4.96. The Morgan fingerprint density at radius 1 is 1.09 bits per heavy atom. The van der Waals surface area contributed by atoms with Gasteiger partial charge in [0, 0.05) is 17.1 Å². The lowest BCUT2D eigenvalue weighted by Gasteiger charge is -2.15. The molecule has 108 valence electrons. The summed E-state index contributed by atoms with van der Waals surface area (Å²) in [4.78, 5) is 12.6. The molecule has 3 heteroatoms. The molecule has 0 saturated heterocycles. The topological polar surface area (TPSA) is 31.2 Å². The molecule has 2 aromatic carbocycles. The van der Waals surface area contributed by atoms with Crippen LogP contribution >= 0.6 is 0 Å². The summed E-state index contributed by atoms with van der Waals surface area (Å²) in [7, 11) is 0. The molecule has 1 unspecified atom stereocenters. The molecule has 0 fully saturated rings. The number of para-hydroxylation sites is 2. The minimum absolute atomic E-state index is 0.149. The average molecular weight is 289 g/mol. The van der Waals surface area contributed by atoms with Crippen LogP contribution in [0, 0.1) is 12.3 Å². The van der Waals surface area contributed by atoms with Crippen LogP contribution in [0.15, 0.2) is 65.5 Å². The van der Waals surface area contributed by atoms with Crippen molar-refractivity contribution < 1.29 is 4.74 Å². The molecule has 0 aliphatic heterocycles. The molecule has 22 heavy (non-hydrogen) atoms. The third kappa shape index (κ3) is 2.47. The summed E-state index contributed by atoms with van der Waals surface area (Å²) in [6.07, 6.45) is 4.97. The Morgan fingerprint density at radius 2 is 1.77 bits per heavy atom. The standard InChI is InChI=1S/C19H15NO2/c1-3-14(2)22-18-13-19(21)20(15-9-5-4-6-10-15)17-12-8-7-11-16(17)18/h1,4-14H,2H3. The van der Waals surface area contributed by atoms with Crippen LogP contribution in [-0.4, -0.2) is 10.7 Å². The number of fused-ring (bicyclic) bond motifs is 1. The smallest absolute Gasteiger partial charge is 0.259 e. The van der Waals surface area contributed by atoms with Crippen molar-refractivity contribution in [3.8, 4) is 23.8 Å². The molecule has 3 nitrogen and oxygen atoms in total. The highest BCUT2D eigenvalue weighted by Crippen LogP contribution is 2.26. The van der Waals surface area contributed by atoms with Crippen LogP contribution in [-0.2, 0) is 0 Å². The summed E-state index contributed by atoms with van der Waals surface area (Å²) in [5.74, 6) is 3.03. The molecule has 0 aliphatic rings. The summed E-state index contributed by atoms with van der Waals surface area (Å²) in [6, 6.07) is 18.7. The third-order valence-electron chi connectivity index (χ3n) is 3.44. The van der Waals surface area contributed by atoms with E-state index in [1.807, 2.05) is 54.6 Å². The minimum Gasteiger partial charge on any atom is -0.477 e. The molecular formula is C19H15NO2. The maximum atomic E-state index is 12.6. The Hall–Kier alpha value is -2.99. The number of ether oxygens (including phenoxy) is 1. The molecule has 3 rings (SSSR count). The lowest BCUT2D eigenvalue weighted by Crippen LogP contribution is -2.19. The minimum atomic E-state index is -0.393. The van der Waals surface area contributed by atoms with Crippen LogP contribution in [0.1, 0.15) is 6.92 Å². The van der Waals surface area contributed by atoms with Crippen molar-refractivity contribution in [1.29, 1.82) is 0 Å². The first-order valence-corrected chi connectivity index (χ1v) is 7.03. The van der Waals surface area contributed by atoms with Gasteiger partial charge in [0.25, 0.3) is 5.56 Å². The largest absolute Gasteiger partial charge is 0.477 e. The van der Waals surface area contributed by atoms with E-state index in [-0.39, 0.29) is 5.56 Å². The lowest BCUT2D eigenvalue weighted by molar-refractivity contribution is 0.282. The fraction of sp³-hybridized carbons (Fsp3) is 0.105. The molecule has 0 bridgehead atoms. The van der Waals surface area contributed by atoms with Crippen molar-refractivity contribution in [3.05, 3.63) is 71.0 Å². The van der Waals surface area contributed by atoms with E-state index in [0.717, 1.165) is 16.6 Å². The zero-order chi connectivity index (χ0) is 15.5. The van der Waals surface area contributed by atoms with Crippen LogP contribution in [0.2, 0.25) is 0 Å². The second-order valence-corrected chi connectivity index (χ2v) is 4.96. The molecule has 0 radical (unpaired) electrons. The van der Waals surface area contributed by atoms with Gasteiger partial charge in [-0.2, -0.15) is 0 Å². The number of aromatic nitrogens is 1. The summed E-state index contributed by atoms with van der Waals surface area (Å²) < 4.78 is 7.37. The van der Waals surface area contributed by atoms with Gasteiger partial charge in [0.1, 0.15) is 5.75 Å². The van der Waals surface area contributed by atoms with Gasteiger partial charge in [-0.1, -0.05) is 36.3 Å². The lowest BCUT2D eigenvalue weighted by atomic mass is 10.1. The summed E-state index contributed by atoms with van der Waals surface area (Å²) in [6.45, 7) is 1.78. The van der Waals surface area contributed by atoms with Gasteiger partial charge >= 0.3 is 0 Å². The summed E-state index contributed by atoms with van der Waals surface area (Å²) in [5.41, 5.74) is 1.46. The molecule has 0 amide bonds. The number of pyridine rings is 1. The van der Waals surface area contributed by atoms with E-state index in [9.17, 15) is 4.79 Å². The van der Waals surface area contributed by atoms with Gasteiger partial charge in [0.15, 0.2) is 6.10 Å². The van der Waals surface area contributed by atoms with Gasteiger partial charge in [0.05, 0.1) is 5.52 Å². The number of hydrogen-bond donors (Lipinski definition) is 0. The Labute approximate surface area is 128 Å². The molecule has 1 heterocycles. The Morgan fingerprint density at radius 3 is 2.50 bits per heavy atom. The van der Waals surface area contributed by atoms with Crippen molar-refractivity contribution >= 4 is 10.9 Å². The zero-order valence-corrected chi connectivity index (χ0v) is 12.2. The van der Waals surface area contributed by atoms with E-state index in [1.165, 1.54) is 6.07 Å².